The van der Waals surface area contributed by atoms with Crippen molar-refractivity contribution in [3.63, 3.8) is 0 Å². The third-order valence-electron chi connectivity index (χ3n) is 5.51. The molecule has 0 spiro atoms. The highest BCUT2D eigenvalue weighted by Gasteiger charge is 2.15. The van der Waals surface area contributed by atoms with Gasteiger partial charge in [0.25, 0.3) is 0 Å². The maximum Gasteiger partial charge on any atom is 0.150 e. The second-order valence-electron chi connectivity index (χ2n) is 8.07. The molecule has 0 saturated heterocycles. The molecule has 9 nitrogen and oxygen atoms in total. The zero-order valence-electron chi connectivity index (χ0n) is 19.5. The van der Waals surface area contributed by atoms with Gasteiger partial charge in [-0.15, -0.1) is 0 Å². The molecular formula is C28H22N4O5-2. The molecule has 0 atom stereocenters. The van der Waals surface area contributed by atoms with E-state index in [0.717, 1.165) is 16.8 Å². The molecule has 0 saturated carbocycles. The molecule has 0 aliphatic rings. The molecule has 0 aliphatic carbocycles. The van der Waals surface area contributed by atoms with E-state index >= 15 is 0 Å². The monoisotopic (exact) mass is 494 g/mol. The zero-order chi connectivity index (χ0) is 26.4. The fourth-order valence-electron chi connectivity index (χ4n) is 3.77. The summed E-state index contributed by atoms with van der Waals surface area (Å²) < 4.78 is 0. The first-order valence-electron chi connectivity index (χ1n) is 11.3. The molecule has 4 aromatic carbocycles. The van der Waals surface area contributed by atoms with E-state index in [2.05, 4.69) is 15.3 Å². The van der Waals surface area contributed by atoms with Gasteiger partial charge in [0.2, 0.25) is 0 Å². The minimum absolute atomic E-state index is 0.0481. The number of benzene rings is 4. The smallest absolute Gasteiger partial charge is 0.150 e. The van der Waals surface area contributed by atoms with E-state index in [9.17, 15) is 24.9 Å². The van der Waals surface area contributed by atoms with Crippen molar-refractivity contribution in [1.29, 1.82) is 0 Å². The second kappa shape index (κ2) is 11.0. The number of aliphatic imine (C=N–C) groups is 2. The van der Waals surface area contributed by atoms with Gasteiger partial charge in [-0.05, 0) is 52.9 Å². The molecule has 0 radical (unpaired) electrons. The number of carbonyl (C=O) groups is 2. The molecule has 4 N–H and O–H groups in total. The Hall–Kier alpha value is -5.18. The van der Waals surface area contributed by atoms with Crippen molar-refractivity contribution in [2.24, 2.45) is 15.7 Å². The summed E-state index contributed by atoms with van der Waals surface area (Å²) in [5.41, 5.74) is 7.28. The van der Waals surface area contributed by atoms with Crippen LogP contribution in [-0.4, -0.2) is 35.6 Å². The number of hydrogen-bond donors (Lipinski definition) is 3. The third-order valence-corrected chi connectivity index (χ3v) is 5.51. The number of nitrogens with one attached hydrogen (secondary N) is 1. The Balaban J connectivity index is 1.56. The summed E-state index contributed by atoms with van der Waals surface area (Å²) in [5.74, 6) is -2.92. The highest BCUT2D eigenvalue weighted by atomic mass is 16.4. The summed E-state index contributed by atoms with van der Waals surface area (Å²) in [7, 11) is 0. The molecule has 4 rings (SSSR count). The predicted octanol–water partition coefficient (Wildman–Crippen LogP) is 2.51. The quantitative estimate of drug-likeness (QED) is 0.139. The third kappa shape index (κ3) is 5.91. The summed E-state index contributed by atoms with van der Waals surface area (Å²) in [6.45, 7) is 0.355. The van der Waals surface area contributed by atoms with Gasteiger partial charge in [-0.2, -0.15) is 0 Å². The van der Waals surface area contributed by atoms with Gasteiger partial charge >= 0.3 is 0 Å². The van der Waals surface area contributed by atoms with E-state index in [1.807, 2.05) is 54.6 Å². The van der Waals surface area contributed by atoms with E-state index in [0.29, 0.717) is 29.9 Å². The fourth-order valence-corrected chi connectivity index (χ4v) is 3.77. The van der Waals surface area contributed by atoms with Crippen LogP contribution in [0.3, 0.4) is 0 Å². The van der Waals surface area contributed by atoms with Crippen molar-refractivity contribution in [2.45, 2.75) is 6.42 Å². The number of hydrogen-bond acceptors (Lipinski definition) is 8. The maximum atomic E-state index is 11.2. The highest BCUT2D eigenvalue weighted by Crippen LogP contribution is 2.36. The van der Waals surface area contributed by atoms with Gasteiger partial charge in [0.1, 0.15) is 11.6 Å². The molecule has 9 heteroatoms. The van der Waals surface area contributed by atoms with Gasteiger partial charge in [-0.3, -0.25) is 4.99 Å². The molecule has 0 unspecified atom stereocenters. The van der Waals surface area contributed by atoms with Gasteiger partial charge in [-0.25, -0.2) is 4.99 Å². The van der Waals surface area contributed by atoms with E-state index in [1.54, 1.807) is 6.07 Å². The van der Waals surface area contributed by atoms with Crippen molar-refractivity contribution in [3.8, 4) is 5.75 Å². The van der Waals surface area contributed by atoms with Gasteiger partial charge in [0.15, 0.2) is 0 Å². The van der Waals surface area contributed by atoms with E-state index < -0.39 is 11.9 Å². The number of aromatic carboxylic acids is 2. The summed E-state index contributed by atoms with van der Waals surface area (Å²) in [6.07, 6.45) is 1.89. The number of phenolic OH excluding ortho intramolecular Hbond substituents is 1. The number of carboxylic acid groups (broad SMARTS) is 2. The van der Waals surface area contributed by atoms with E-state index in [4.69, 9.17) is 5.73 Å². The lowest BCUT2D eigenvalue weighted by Crippen LogP contribution is -2.25. The maximum absolute atomic E-state index is 11.2. The van der Waals surface area contributed by atoms with Gasteiger partial charge in [-0.1, -0.05) is 42.5 Å². The molecule has 186 valence electrons. The zero-order valence-corrected chi connectivity index (χ0v) is 19.5. The SMILES string of the molecule is NC(=Nc1ccccc1)c1cc2ccccc2c(NCCC=Nc2cc(C(=O)[O-])cc(C(=O)[O-])c2)c1O. The number of rotatable bonds is 9. The molecule has 0 heterocycles. The molecule has 0 bridgehead atoms. The van der Waals surface area contributed by atoms with E-state index in [-0.39, 0.29) is 28.4 Å². The van der Waals surface area contributed by atoms with Gasteiger partial charge < -0.3 is 36.0 Å². The molecule has 0 aromatic heterocycles. The van der Waals surface area contributed by atoms with Crippen molar-refractivity contribution in [2.75, 3.05) is 11.9 Å². The number of phenols is 1. The lowest BCUT2D eigenvalue weighted by Gasteiger charge is -2.15. The first-order valence-corrected chi connectivity index (χ1v) is 11.3. The van der Waals surface area contributed by atoms with Crippen LogP contribution in [0.5, 0.6) is 5.75 Å². The highest BCUT2D eigenvalue weighted by molar-refractivity contribution is 6.09. The topological polar surface area (TPSA) is 163 Å². The number of aromatic hydroxyl groups is 1. The predicted molar refractivity (Wildman–Crippen MR) is 139 cm³/mol. The van der Waals surface area contributed by atoms with Crippen molar-refractivity contribution >= 4 is 51.8 Å². The van der Waals surface area contributed by atoms with Crippen molar-refractivity contribution < 1.29 is 24.9 Å². The number of carbonyl (C=O) groups excluding carboxylic acids is 2. The van der Waals surface area contributed by atoms with Crippen molar-refractivity contribution in [1.82, 2.24) is 0 Å². The Morgan fingerprint density at radius 3 is 2.22 bits per heavy atom. The minimum Gasteiger partial charge on any atom is -0.545 e. The Morgan fingerprint density at radius 2 is 1.54 bits per heavy atom. The summed E-state index contributed by atoms with van der Waals surface area (Å²) in [4.78, 5) is 30.9. The van der Waals surface area contributed by atoms with Crippen LogP contribution >= 0.6 is 0 Å². The number of anilines is 1. The Labute approximate surface area is 212 Å². The second-order valence-corrected chi connectivity index (χ2v) is 8.07. The number of para-hydroxylation sites is 1. The van der Waals surface area contributed by atoms with E-state index in [1.165, 1.54) is 18.3 Å². The Morgan fingerprint density at radius 1 is 0.892 bits per heavy atom. The van der Waals surface area contributed by atoms with Crippen LogP contribution in [-0.2, 0) is 0 Å². The van der Waals surface area contributed by atoms with Crippen LogP contribution in [0.2, 0.25) is 0 Å². The molecule has 37 heavy (non-hydrogen) atoms. The minimum atomic E-state index is -1.52. The first kappa shape index (κ1) is 24.9. The molecule has 4 aromatic rings. The molecule has 0 fully saturated rings. The number of amidine groups is 1. The van der Waals surface area contributed by atoms with Crippen LogP contribution in [0.4, 0.5) is 17.1 Å². The van der Waals surface area contributed by atoms with Crippen LogP contribution in [0, 0.1) is 0 Å². The molecule has 0 aliphatic heterocycles. The lowest BCUT2D eigenvalue weighted by atomic mass is 10.0. The summed E-state index contributed by atoms with van der Waals surface area (Å²) in [6, 6.07) is 21.8. The molecule has 0 amide bonds. The van der Waals surface area contributed by atoms with Crippen LogP contribution in [0.1, 0.15) is 32.7 Å². The van der Waals surface area contributed by atoms with Crippen LogP contribution in [0.25, 0.3) is 10.8 Å². The number of fused-ring (bicyclic) bond motifs is 1. The van der Waals surface area contributed by atoms with Crippen LogP contribution in [0.15, 0.2) is 88.8 Å². The Kier molecular flexibility index (Phi) is 7.44. The standard InChI is InChI=1S/C28H24N4O5/c29-26(32-20-8-2-1-3-9-20)23-16-17-7-4-5-10-22(17)24(25(23)33)31-12-6-11-30-21-14-18(27(34)35)13-19(15-21)28(36)37/h1-5,7-11,13-16,31,33H,6,12H2,(H2,29,32)(H,34,35)(H,36,37)/p-2. The van der Waals surface area contributed by atoms with Crippen molar-refractivity contribution in [3.05, 3.63) is 95.6 Å². The largest absolute Gasteiger partial charge is 0.545 e. The summed E-state index contributed by atoms with van der Waals surface area (Å²) in [5, 5.41) is 38.2. The summed E-state index contributed by atoms with van der Waals surface area (Å²) >= 11 is 0. The number of nitrogens with two attached hydrogens (primary N) is 1. The van der Waals surface area contributed by atoms with Gasteiger partial charge in [0.05, 0.1) is 34.6 Å². The molecular weight excluding hydrogens is 472 g/mol. The lowest BCUT2D eigenvalue weighted by molar-refractivity contribution is -0.255. The van der Waals surface area contributed by atoms with Crippen LogP contribution < -0.4 is 21.3 Å². The first-order chi connectivity index (χ1) is 17.8. The van der Waals surface area contributed by atoms with Gasteiger partial charge in [0, 0.05) is 24.6 Å². The average molecular weight is 495 g/mol. The fraction of sp³-hybridized carbons (Fsp3) is 0.0714. The number of nitrogens with zero attached hydrogens (tertiary/aromatic N) is 2. The number of carboxylic acids is 2. The average Bonchev–Trinajstić information content (AvgIpc) is 2.89. The normalized spacial score (nSPS) is 11.6. The Bertz CT molecular complexity index is 1500.